The van der Waals surface area contributed by atoms with Crippen molar-refractivity contribution >= 4 is 21.9 Å². The number of hydrogen-bond donors (Lipinski definition) is 0. The molecule has 0 aliphatic carbocycles. The van der Waals surface area contributed by atoms with Crippen LogP contribution >= 0.6 is 15.9 Å². The lowest BCUT2D eigenvalue weighted by molar-refractivity contribution is 0.153. The monoisotopic (exact) mass is 303 g/mol. The van der Waals surface area contributed by atoms with E-state index in [4.69, 9.17) is 9.47 Å². The van der Waals surface area contributed by atoms with Gasteiger partial charge in [-0.05, 0) is 29.8 Å². The van der Waals surface area contributed by atoms with E-state index >= 15 is 0 Å². The number of methoxy groups -OCH3 is 1. The summed E-state index contributed by atoms with van der Waals surface area (Å²) in [5.74, 6) is 1.21. The summed E-state index contributed by atoms with van der Waals surface area (Å²) in [6.07, 6.45) is 1.70. The van der Waals surface area contributed by atoms with Crippen LogP contribution in [0.2, 0.25) is 0 Å². The molecule has 1 rings (SSSR count). The first kappa shape index (κ1) is 14.2. The van der Waals surface area contributed by atoms with E-state index in [0.29, 0.717) is 18.4 Å². The molecule has 1 aromatic heterocycles. The summed E-state index contributed by atoms with van der Waals surface area (Å²) in [7, 11) is 1.59. The number of rotatable bonds is 7. The third-order valence-corrected chi connectivity index (χ3v) is 2.81. The molecule has 0 saturated heterocycles. The molecule has 0 aliphatic rings. The fourth-order valence-electron chi connectivity index (χ4n) is 1.36. The summed E-state index contributed by atoms with van der Waals surface area (Å²) in [5.41, 5.74) is 0. The maximum atomic E-state index is 5.33. The Labute approximate surface area is 110 Å². The smallest absolute Gasteiger partial charge is 0.232 e. The second-order valence-electron chi connectivity index (χ2n) is 3.30. The molecule has 0 saturated carbocycles. The van der Waals surface area contributed by atoms with Gasteiger partial charge < -0.3 is 14.4 Å². The highest BCUT2D eigenvalue weighted by Gasteiger charge is 2.10. The van der Waals surface area contributed by atoms with Gasteiger partial charge in [0.2, 0.25) is 11.8 Å². The lowest BCUT2D eigenvalue weighted by Gasteiger charge is -2.20. The molecular formula is C11H18BrN3O2. The quantitative estimate of drug-likeness (QED) is 0.722. The van der Waals surface area contributed by atoms with Crippen molar-refractivity contribution in [2.24, 2.45) is 0 Å². The summed E-state index contributed by atoms with van der Waals surface area (Å²) in [6, 6.07) is 0. The van der Waals surface area contributed by atoms with Crippen LogP contribution in [0.5, 0.6) is 5.88 Å². The Bertz CT molecular complexity index is 349. The predicted molar refractivity (Wildman–Crippen MR) is 70.7 cm³/mol. The topological polar surface area (TPSA) is 47.5 Å². The number of nitrogens with zero attached hydrogens (tertiary/aromatic N) is 3. The molecule has 0 radical (unpaired) electrons. The maximum Gasteiger partial charge on any atom is 0.232 e. The van der Waals surface area contributed by atoms with Crippen molar-refractivity contribution in [1.29, 1.82) is 0 Å². The normalized spacial score (nSPS) is 10.4. The first-order chi connectivity index (χ1) is 8.22. The fourth-order valence-corrected chi connectivity index (χ4v) is 1.71. The molecule has 0 aromatic carbocycles. The zero-order valence-electron chi connectivity index (χ0n) is 10.4. The minimum Gasteiger partial charge on any atom is -0.480 e. The summed E-state index contributed by atoms with van der Waals surface area (Å²) in [6.45, 7) is 7.04. The van der Waals surface area contributed by atoms with Crippen LogP contribution in [0.1, 0.15) is 13.8 Å². The van der Waals surface area contributed by atoms with Crippen molar-refractivity contribution in [3.63, 3.8) is 0 Å². The highest BCUT2D eigenvalue weighted by molar-refractivity contribution is 9.10. The average Bonchev–Trinajstić information content (AvgIpc) is 2.36. The Kier molecular flexibility index (Phi) is 6.21. The van der Waals surface area contributed by atoms with Crippen LogP contribution in [-0.2, 0) is 4.74 Å². The van der Waals surface area contributed by atoms with E-state index in [9.17, 15) is 0 Å². The number of halogens is 1. The van der Waals surface area contributed by atoms with E-state index in [1.165, 1.54) is 0 Å². The number of anilines is 1. The van der Waals surface area contributed by atoms with Crippen molar-refractivity contribution < 1.29 is 9.47 Å². The number of aromatic nitrogens is 2. The summed E-state index contributed by atoms with van der Waals surface area (Å²) in [5, 5.41) is 0. The second kappa shape index (κ2) is 7.45. The van der Waals surface area contributed by atoms with E-state index in [1.807, 2.05) is 11.8 Å². The SMILES string of the molecule is CCOCCN(CC)c1ncc(Br)c(OC)n1. The van der Waals surface area contributed by atoms with Crippen molar-refractivity contribution in [1.82, 2.24) is 9.97 Å². The molecule has 0 atom stereocenters. The van der Waals surface area contributed by atoms with Crippen LogP contribution in [0.3, 0.4) is 0 Å². The molecular weight excluding hydrogens is 286 g/mol. The summed E-state index contributed by atoms with van der Waals surface area (Å²) in [4.78, 5) is 10.6. The molecule has 6 heteroatoms. The highest BCUT2D eigenvalue weighted by atomic mass is 79.9. The van der Waals surface area contributed by atoms with E-state index in [2.05, 4.69) is 32.8 Å². The Morgan fingerprint density at radius 3 is 2.76 bits per heavy atom. The lowest BCUT2D eigenvalue weighted by atomic mass is 10.5. The zero-order chi connectivity index (χ0) is 12.7. The van der Waals surface area contributed by atoms with Crippen LogP contribution in [0, 0.1) is 0 Å². The number of ether oxygens (including phenoxy) is 2. The molecule has 0 amide bonds. The minimum absolute atomic E-state index is 0.546. The van der Waals surface area contributed by atoms with Gasteiger partial charge in [0.1, 0.15) is 0 Å². The van der Waals surface area contributed by atoms with Gasteiger partial charge in [-0.1, -0.05) is 0 Å². The number of hydrogen-bond acceptors (Lipinski definition) is 5. The van der Waals surface area contributed by atoms with Gasteiger partial charge in [0, 0.05) is 19.7 Å². The van der Waals surface area contributed by atoms with Crippen LogP contribution in [0.4, 0.5) is 5.95 Å². The molecule has 0 spiro atoms. The van der Waals surface area contributed by atoms with Gasteiger partial charge in [-0.3, -0.25) is 0 Å². The fraction of sp³-hybridized carbons (Fsp3) is 0.636. The van der Waals surface area contributed by atoms with Crippen molar-refractivity contribution in [2.75, 3.05) is 38.3 Å². The van der Waals surface area contributed by atoms with Crippen LogP contribution in [0.15, 0.2) is 10.7 Å². The van der Waals surface area contributed by atoms with Crippen molar-refractivity contribution in [3.05, 3.63) is 10.7 Å². The molecule has 0 unspecified atom stereocenters. The van der Waals surface area contributed by atoms with Crippen molar-refractivity contribution in [3.8, 4) is 5.88 Å². The zero-order valence-corrected chi connectivity index (χ0v) is 12.0. The first-order valence-electron chi connectivity index (χ1n) is 5.62. The Morgan fingerprint density at radius 1 is 1.41 bits per heavy atom. The summed E-state index contributed by atoms with van der Waals surface area (Å²) < 4.78 is 11.2. The van der Waals surface area contributed by atoms with Gasteiger partial charge in [0.25, 0.3) is 0 Å². The molecule has 0 N–H and O–H groups in total. The third-order valence-electron chi connectivity index (χ3n) is 2.27. The minimum atomic E-state index is 0.546. The van der Waals surface area contributed by atoms with E-state index in [0.717, 1.165) is 24.2 Å². The van der Waals surface area contributed by atoms with E-state index in [-0.39, 0.29) is 0 Å². The average molecular weight is 304 g/mol. The van der Waals surface area contributed by atoms with Gasteiger partial charge >= 0.3 is 0 Å². The molecule has 1 heterocycles. The van der Waals surface area contributed by atoms with E-state index in [1.54, 1.807) is 13.3 Å². The first-order valence-corrected chi connectivity index (χ1v) is 6.41. The maximum absolute atomic E-state index is 5.33. The molecule has 96 valence electrons. The Morgan fingerprint density at radius 2 is 2.18 bits per heavy atom. The van der Waals surface area contributed by atoms with Gasteiger partial charge in [0.15, 0.2) is 0 Å². The summed E-state index contributed by atoms with van der Waals surface area (Å²) >= 11 is 3.33. The van der Waals surface area contributed by atoms with Gasteiger partial charge in [-0.15, -0.1) is 0 Å². The van der Waals surface area contributed by atoms with Crippen molar-refractivity contribution in [2.45, 2.75) is 13.8 Å². The van der Waals surface area contributed by atoms with Gasteiger partial charge in [-0.25, -0.2) is 4.98 Å². The van der Waals surface area contributed by atoms with E-state index < -0.39 is 0 Å². The highest BCUT2D eigenvalue weighted by Crippen LogP contribution is 2.23. The molecule has 17 heavy (non-hydrogen) atoms. The molecule has 1 aromatic rings. The van der Waals surface area contributed by atoms with Crippen LogP contribution in [-0.4, -0.2) is 43.4 Å². The molecule has 0 aliphatic heterocycles. The van der Waals surface area contributed by atoms with Gasteiger partial charge in [0.05, 0.1) is 24.4 Å². The molecule has 0 fully saturated rings. The second-order valence-corrected chi connectivity index (χ2v) is 4.16. The number of likely N-dealkylation sites (N-methyl/N-ethyl adjacent to an activating group) is 1. The standard InChI is InChI=1S/C11H18BrN3O2/c1-4-15(6-7-17-5-2)11-13-8-9(12)10(14-11)16-3/h8H,4-7H2,1-3H3. The largest absolute Gasteiger partial charge is 0.480 e. The van der Waals surface area contributed by atoms with Gasteiger partial charge in [-0.2, -0.15) is 4.98 Å². The lowest BCUT2D eigenvalue weighted by Crippen LogP contribution is -2.29. The molecule has 0 bridgehead atoms. The Hall–Kier alpha value is -0.880. The Balaban J connectivity index is 2.73. The predicted octanol–water partition coefficient (Wildman–Crippen LogP) is 2.11. The third kappa shape index (κ3) is 4.12. The molecule has 5 nitrogen and oxygen atoms in total. The van der Waals surface area contributed by atoms with Crippen LogP contribution < -0.4 is 9.64 Å². The van der Waals surface area contributed by atoms with Crippen LogP contribution in [0.25, 0.3) is 0 Å².